The molecule has 11 heavy (non-hydrogen) atoms. The summed E-state index contributed by atoms with van der Waals surface area (Å²) in [5, 5.41) is 15.0. The zero-order valence-electron chi connectivity index (χ0n) is 5.44. The summed E-state index contributed by atoms with van der Waals surface area (Å²) in [4.78, 5) is 10.8. The van der Waals surface area contributed by atoms with Gasteiger partial charge in [-0.2, -0.15) is 0 Å². The van der Waals surface area contributed by atoms with Crippen molar-refractivity contribution in [1.29, 1.82) is 5.41 Å². The summed E-state index contributed by atoms with van der Waals surface area (Å²) in [6.07, 6.45) is 0. The topological polar surface area (TPSA) is 107 Å². The van der Waals surface area contributed by atoms with Crippen LogP contribution in [0, 0.1) is 11.2 Å². The molecule has 0 aromatic heterocycles. The van der Waals surface area contributed by atoms with Crippen molar-refractivity contribution in [2.24, 2.45) is 5.73 Å². The third-order valence-electron chi connectivity index (χ3n) is 0.746. The fourth-order valence-corrected chi connectivity index (χ4v) is 0.636. The van der Waals surface area contributed by atoms with E-state index in [1.807, 2.05) is 5.75 Å². The van der Waals surface area contributed by atoms with Crippen LogP contribution in [0.15, 0.2) is 0 Å². The first-order valence-electron chi connectivity index (χ1n) is 2.49. The number of nitrogens with two attached hydrogens (primary N) is 1. The van der Waals surface area contributed by atoms with Crippen molar-refractivity contribution >= 4 is 19.8 Å². The Balaban J connectivity index is 4.31. The Morgan fingerprint density at radius 2 is 2.36 bits per heavy atom. The molecule has 0 spiro atoms. The van der Waals surface area contributed by atoms with Gasteiger partial charge in [-0.1, -0.05) is 0 Å². The molecular formula is C4H6N3O3P. The van der Waals surface area contributed by atoms with E-state index in [1.54, 1.807) is 0 Å². The van der Waals surface area contributed by atoms with Crippen LogP contribution < -0.4 is 5.73 Å². The molecule has 0 saturated carbocycles. The van der Waals surface area contributed by atoms with Crippen LogP contribution in [0.5, 0.6) is 0 Å². The van der Waals surface area contributed by atoms with Gasteiger partial charge in [0.05, 0.1) is 0 Å². The van der Waals surface area contributed by atoms with Gasteiger partial charge in [-0.3, -0.25) is 0 Å². The van der Waals surface area contributed by atoms with E-state index < -0.39 is 26.4 Å². The van der Waals surface area contributed by atoms with Gasteiger partial charge >= 0.3 is 62.6 Å². The normalized spacial score (nSPS) is 8.00. The van der Waals surface area contributed by atoms with Crippen molar-refractivity contribution in [2.75, 3.05) is 6.54 Å². The first-order valence-corrected chi connectivity index (χ1v) is 3.30. The van der Waals surface area contributed by atoms with Crippen molar-refractivity contribution in [1.82, 2.24) is 4.90 Å². The molecule has 0 saturated heterocycles. The van der Waals surface area contributed by atoms with Crippen molar-refractivity contribution in [3.8, 4) is 5.75 Å². The maximum atomic E-state index is 10.0. The molecule has 4 N–H and O–H groups in total. The van der Waals surface area contributed by atoms with Crippen LogP contribution in [0.1, 0.15) is 0 Å². The second-order valence-electron chi connectivity index (χ2n) is 1.56. The molecule has 0 fully saturated rings. The molecule has 60 valence electrons. The Hall–Kier alpha value is -1.25. The summed E-state index contributed by atoms with van der Waals surface area (Å²) in [6, 6.07) is 0. The quantitative estimate of drug-likeness (QED) is 0.226. The first-order chi connectivity index (χ1) is 5.07. The number of nitrogens with one attached hydrogen (secondary N) is 1. The first kappa shape index (κ1) is 9.75. The van der Waals surface area contributed by atoms with Crippen LogP contribution in [-0.4, -0.2) is 28.5 Å². The van der Waals surface area contributed by atoms with Crippen LogP contribution in [0.25, 0.3) is 0 Å². The van der Waals surface area contributed by atoms with E-state index in [4.69, 9.17) is 16.2 Å². The molecule has 7 heteroatoms. The van der Waals surface area contributed by atoms with Gasteiger partial charge in [-0.15, -0.1) is 0 Å². The summed E-state index contributed by atoms with van der Waals surface area (Å²) in [6.45, 7) is -0.509. The molecule has 0 aromatic rings. The van der Waals surface area contributed by atoms with Crippen molar-refractivity contribution in [3.63, 3.8) is 0 Å². The number of carboxylic acids is 1. The molecule has 0 radical (unpaired) electrons. The minimum absolute atomic E-state index is 0.503. The van der Waals surface area contributed by atoms with Gasteiger partial charge in [0, 0.05) is 0 Å². The second kappa shape index (κ2) is 4.55. The Morgan fingerprint density at radius 1 is 1.82 bits per heavy atom. The number of guanidine groups is 1. The van der Waals surface area contributed by atoms with E-state index in [2.05, 4.69) is 0 Å². The molecule has 0 atom stereocenters. The number of nitrogens with zero attached hydrogens (tertiary/aromatic N) is 1. The summed E-state index contributed by atoms with van der Waals surface area (Å²) >= 11 is 0. The molecule has 0 aliphatic rings. The number of hydrogen-bond acceptors (Lipinski definition) is 3. The van der Waals surface area contributed by atoms with Crippen molar-refractivity contribution < 1.29 is 14.5 Å². The monoisotopic (exact) mass is 175 g/mol. The van der Waals surface area contributed by atoms with Gasteiger partial charge in [0.25, 0.3) is 0 Å². The molecule has 6 nitrogen and oxygen atoms in total. The van der Waals surface area contributed by atoms with E-state index >= 15 is 0 Å². The van der Waals surface area contributed by atoms with E-state index in [0.717, 1.165) is 4.90 Å². The van der Waals surface area contributed by atoms with Gasteiger partial charge in [-0.05, 0) is 0 Å². The summed E-state index contributed by atoms with van der Waals surface area (Å²) < 4.78 is 9.90. The summed E-state index contributed by atoms with van der Waals surface area (Å²) in [7, 11) is -0.503. The van der Waals surface area contributed by atoms with Crippen molar-refractivity contribution in [2.45, 2.75) is 0 Å². The minimum atomic E-state index is -1.17. The van der Waals surface area contributed by atoms with Crippen LogP contribution in [0.3, 0.4) is 0 Å². The van der Waals surface area contributed by atoms with Gasteiger partial charge in [0.15, 0.2) is 0 Å². The molecule has 0 aliphatic heterocycles. The molecule has 0 bridgehead atoms. The molecular weight excluding hydrogens is 169 g/mol. The van der Waals surface area contributed by atoms with Gasteiger partial charge < -0.3 is 0 Å². The standard InChI is InChI=1S/C4H6N3O3P/c5-4(6)7(2-11-10)1-3(8)9/h1H2,(H3,5,6)(H,8,9). The number of carbonyl (C=O) groups is 1. The number of aliphatic carboxylic acids is 1. The predicted octanol–water partition coefficient (Wildman–Crippen LogP) is -0.525. The maximum absolute atomic E-state index is 10.0. The van der Waals surface area contributed by atoms with Gasteiger partial charge in [0.1, 0.15) is 0 Å². The molecule has 0 rings (SSSR count). The molecule has 0 heterocycles. The van der Waals surface area contributed by atoms with Crippen molar-refractivity contribution in [3.05, 3.63) is 0 Å². The predicted molar refractivity (Wildman–Crippen MR) is 37.8 cm³/mol. The Labute approximate surface area is 63.6 Å². The second-order valence-corrected chi connectivity index (χ2v) is 1.94. The van der Waals surface area contributed by atoms with Crippen LogP contribution >= 0.6 is 7.92 Å². The molecule has 0 amide bonds. The van der Waals surface area contributed by atoms with E-state index in [-0.39, 0.29) is 0 Å². The number of carboxylic acid groups (broad SMARTS) is 1. The Bertz CT molecular complexity index is 269. The average molecular weight is 175 g/mol. The SMILES string of the molecule is N=C(N)N(C#P=O)CC(=O)O. The van der Waals surface area contributed by atoms with Crippen LogP contribution in [-0.2, 0) is 9.36 Å². The third-order valence-corrected chi connectivity index (χ3v) is 1.07. The van der Waals surface area contributed by atoms with E-state index in [1.165, 1.54) is 0 Å². The van der Waals surface area contributed by atoms with Crippen LogP contribution in [0.2, 0.25) is 0 Å². The third kappa shape index (κ3) is 4.19. The Morgan fingerprint density at radius 3 is 2.64 bits per heavy atom. The van der Waals surface area contributed by atoms with Gasteiger partial charge in [-0.25, -0.2) is 0 Å². The summed E-state index contributed by atoms with van der Waals surface area (Å²) in [5.41, 5.74) is 4.91. The van der Waals surface area contributed by atoms with E-state index in [9.17, 15) is 9.36 Å². The average Bonchev–Trinajstić information content (AvgIpc) is 1.86. The molecule has 0 unspecified atom stereocenters. The fraction of sp³-hybridized carbons (Fsp3) is 0.250. The molecule has 0 aliphatic carbocycles. The number of rotatable bonds is 2. The Kier molecular flexibility index (Phi) is 4.03. The zero-order chi connectivity index (χ0) is 8.85. The fourth-order valence-electron chi connectivity index (χ4n) is 0.359. The zero-order valence-corrected chi connectivity index (χ0v) is 6.34. The molecule has 0 aromatic carbocycles. The number of hydrogen-bond donors (Lipinski definition) is 3. The van der Waals surface area contributed by atoms with Gasteiger partial charge in [0.2, 0.25) is 0 Å². The summed E-state index contributed by atoms with van der Waals surface area (Å²) in [5.74, 6) is 0.359. The van der Waals surface area contributed by atoms with E-state index in [0.29, 0.717) is 0 Å². The van der Waals surface area contributed by atoms with Crippen LogP contribution in [0.4, 0.5) is 0 Å².